The van der Waals surface area contributed by atoms with Gasteiger partial charge in [-0.05, 0) is 54.9 Å². The quantitative estimate of drug-likeness (QED) is 0.227. The van der Waals surface area contributed by atoms with E-state index in [0.29, 0.717) is 6.54 Å². The Morgan fingerprint density at radius 1 is 1.34 bits per heavy atom. The molecule has 1 fully saturated rings. The lowest BCUT2D eigenvalue weighted by atomic mass is 9.94. The zero-order chi connectivity index (χ0) is 23.8. The highest BCUT2D eigenvalue weighted by atomic mass is 28.4. The Bertz CT molecular complexity index is 778. The van der Waals surface area contributed by atoms with Crippen LogP contribution in [0.2, 0.25) is 19.1 Å². The molecule has 1 aromatic carbocycles. The second-order valence-corrected chi connectivity index (χ2v) is 14.5. The molecule has 1 saturated heterocycles. The lowest BCUT2D eigenvalue weighted by molar-refractivity contribution is -0.00859. The van der Waals surface area contributed by atoms with Crippen molar-refractivity contribution in [2.45, 2.75) is 84.0 Å². The van der Waals surface area contributed by atoms with Crippen LogP contribution in [0.15, 0.2) is 35.4 Å². The van der Waals surface area contributed by atoms with E-state index in [2.05, 4.69) is 43.9 Å². The van der Waals surface area contributed by atoms with Gasteiger partial charge in [-0.3, -0.25) is 0 Å². The summed E-state index contributed by atoms with van der Waals surface area (Å²) in [5.74, 6) is 0. The molecule has 178 valence electrons. The molecule has 1 amide bonds. The zero-order valence-corrected chi connectivity index (χ0v) is 21.0. The van der Waals surface area contributed by atoms with Crippen molar-refractivity contribution in [3.63, 3.8) is 0 Å². The molecular formula is C23H38N4O4Si. The van der Waals surface area contributed by atoms with Crippen molar-refractivity contribution in [3.8, 4) is 0 Å². The summed E-state index contributed by atoms with van der Waals surface area (Å²) in [7, 11) is -2.02. The predicted molar refractivity (Wildman–Crippen MR) is 128 cm³/mol. The van der Waals surface area contributed by atoms with Crippen molar-refractivity contribution < 1.29 is 19.1 Å². The molecule has 0 aromatic heterocycles. The number of nitrogens with zero attached hydrogens (tertiary/aromatic N) is 4. The molecule has 1 aromatic rings. The molecule has 3 atom stereocenters. The number of carbonyl (C=O) groups excluding carboxylic acids is 1. The molecule has 8 nitrogen and oxygen atoms in total. The molecule has 0 spiro atoms. The van der Waals surface area contributed by atoms with Gasteiger partial charge in [0.2, 0.25) is 0 Å². The van der Waals surface area contributed by atoms with E-state index in [4.69, 9.17) is 14.7 Å². The SMILES string of the molecule is CC(C)(C)C[Si](C)(C)O[C@H]1CCCN(C(=O)OCc2ccccc2)[C@@H]1CC(O)CN=[N+]=[N-]. The monoisotopic (exact) mass is 462 g/mol. The van der Waals surface area contributed by atoms with Gasteiger partial charge in [0.25, 0.3) is 0 Å². The van der Waals surface area contributed by atoms with Crippen LogP contribution in [-0.2, 0) is 15.8 Å². The summed E-state index contributed by atoms with van der Waals surface area (Å²) in [6, 6.07) is 10.2. The normalized spacial score (nSPS) is 20.4. The van der Waals surface area contributed by atoms with Crippen LogP contribution in [0, 0.1) is 5.41 Å². The first-order chi connectivity index (χ1) is 15.0. The summed E-state index contributed by atoms with van der Waals surface area (Å²) in [5.41, 5.74) is 9.66. The Hall–Kier alpha value is -2.06. The lowest BCUT2D eigenvalue weighted by Gasteiger charge is -2.44. The van der Waals surface area contributed by atoms with Crippen LogP contribution in [0.25, 0.3) is 10.4 Å². The number of aliphatic hydroxyl groups is 1. The molecule has 0 radical (unpaired) electrons. The Morgan fingerprint density at radius 3 is 2.66 bits per heavy atom. The second kappa shape index (κ2) is 11.7. The highest BCUT2D eigenvalue weighted by molar-refractivity contribution is 6.71. The highest BCUT2D eigenvalue weighted by Crippen LogP contribution is 2.33. The zero-order valence-electron chi connectivity index (χ0n) is 20.0. The van der Waals surface area contributed by atoms with Crippen LogP contribution in [0.4, 0.5) is 4.79 Å². The first kappa shape index (κ1) is 26.2. The molecule has 1 heterocycles. The fourth-order valence-corrected chi connectivity index (χ4v) is 8.41. The first-order valence-corrected chi connectivity index (χ1v) is 14.5. The van der Waals surface area contributed by atoms with Crippen LogP contribution in [-0.4, -0.2) is 55.8 Å². The van der Waals surface area contributed by atoms with E-state index in [1.54, 1.807) is 4.90 Å². The Kier molecular flexibility index (Phi) is 9.58. The molecule has 0 aliphatic carbocycles. The molecule has 1 unspecified atom stereocenters. The maximum absolute atomic E-state index is 13.0. The van der Waals surface area contributed by atoms with Gasteiger partial charge in [-0.2, -0.15) is 0 Å². The highest BCUT2D eigenvalue weighted by Gasteiger charge is 2.41. The van der Waals surface area contributed by atoms with E-state index in [-0.39, 0.29) is 37.1 Å². The molecule has 9 heteroatoms. The minimum absolute atomic E-state index is 0.0323. The van der Waals surface area contributed by atoms with E-state index in [1.807, 2.05) is 30.3 Å². The molecule has 32 heavy (non-hydrogen) atoms. The van der Waals surface area contributed by atoms with Gasteiger partial charge in [-0.1, -0.05) is 56.2 Å². The Labute approximate surface area is 192 Å². The average molecular weight is 463 g/mol. The van der Waals surface area contributed by atoms with Crippen molar-refractivity contribution >= 4 is 14.4 Å². The number of azide groups is 1. The van der Waals surface area contributed by atoms with Gasteiger partial charge in [0, 0.05) is 11.5 Å². The van der Waals surface area contributed by atoms with Crippen LogP contribution in [0.3, 0.4) is 0 Å². The van der Waals surface area contributed by atoms with Gasteiger partial charge in [0.1, 0.15) is 6.61 Å². The van der Waals surface area contributed by atoms with Crippen molar-refractivity contribution in [1.82, 2.24) is 4.90 Å². The van der Waals surface area contributed by atoms with Gasteiger partial charge in [-0.15, -0.1) is 0 Å². The summed E-state index contributed by atoms with van der Waals surface area (Å²) in [4.78, 5) is 17.4. The van der Waals surface area contributed by atoms with Gasteiger partial charge >= 0.3 is 6.09 Å². The van der Waals surface area contributed by atoms with Gasteiger partial charge in [-0.25, -0.2) is 4.79 Å². The summed E-state index contributed by atoms with van der Waals surface area (Å²) < 4.78 is 12.3. The largest absolute Gasteiger partial charge is 0.445 e. The molecule has 0 saturated carbocycles. The molecular weight excluding hydrogens is 424 g/mol. The Morgan fingerprint density at radius 2 is 2.03 bits per heavy atom. The number of hydrogen-bond donors (Lipinski definition) is 1. The number of hydrogen-bond acceptors (Lipinski definition) is 5. The van der Waals surface area contributed by atoms with Crippen LogP contribution < -0.4 is 0 Å². The van der Waals surface area contributed by atoms with Crippen molar-refractivity contribution in [2.75, 3.05) is 13.1 Å². The van der Waals surface area contributed by atoms with Crippen molar-refractivity contribution in [3.05, 3.63) is 46.3 Å². The third-order valence-electron chi connectivity index (χ3n) is 5.45. The van der Waals surface area contributed by atoms with Crippen molar-refractivity contribution in [1.29, 1.82) is 0 Å². The number of likely N-dealkylation sites (tertiary alicyclic amines) is 1. The van der Waals surface area contributed by atoms with Gasteiger partial charge in [0.05, 0.1) is 24.8 Å². The summed E-state index contributed by atoms with van der Waals surface area (Å²) in [5, 5.41) is 13.9. The third kappa shape index (κ3) is 8.82. The van der Waals surface area contributed by atoms with E-state index >= 15 is 0 Å². The predicted octanol–water partition coefficient (Wildman–Crippen LogP) is 5.49. The molecule has 1 N–H and O–H groups in total. The van der Waals surface area contributed by atoms with Gasteiger partial charge in [0.15, 0.2) is 8.32 Å². The Balaban J connectivity index is 2.16. The number of amides is 1. The van der Waals surface area contributed by atoms with Crippen LogP contribution >= 0.6 is 0 Å². The van der Waals surface area contributed by atoms with Gasteiger partial charge < -0.3 is 19.2 Å². The minimum Gasteiger partial charge on any atom is -0.445 e. The average Bonchev–Trinajstić information content (AvgIpc) is 2.70. The number of rotatable bonds is 9. The molecule has 0 bridgehead atoms. The fraction of sp³-hybridized carbons (Fsp3) is 0.696. The van der Waals surface area contributed by atoms with E-state index in [1.165, 1.54) is 0 Å². The number of ether oxygens (including phenoxy) is 1. The number of piperidine rings is 1. The fourth-order valence-electron chi connectivity index (χ4n) is 4.68. The summed E-state index contributed by atoms with van der Waals surface area (Å²) in [6.45, 7) is 11.8. The molecule has 1 aliphatic rings. The number of benzene rings is 1. The minimum atomic E-state index is -2.02. The second-order valence-electron chi connectivity index (χ2n) is 10.4. The van der Waals surface area contributed by atoms with Crippen molar-refractivity contribution in [2.24, 2.45) is 10.5 Å². The third-order valence-corrected chi connectivity index (χ3v) is 8.31. The summed E-state index contributed by atoms with van der Waals surface area (Å²) in [6.07, 6.45) is 0.480. The smallest absolute Gasteiger partial charge is 0.410 e. The number of aliphatic hydroxyl groups excluding tert-OH is 1. The van der Waals surface area contributed by atoms with Crippen LogP contribution in [0.1, 0.15) is 45.6 Å². The molecule has 2 rings (SSSR count). The van der Waals surface area contributed by atoms with Crippen LogP contribution in [0.5, 0.6) is 0 Å². The standard InChI is InChI=1S/C23H38N4O4Si/c1-23(2,3)17-32(4,5)31-21-12-9-13-27(20(21)14-19(28)15-25-26-24)22(29)30-16-18-10-7-6-8-11-18/h6-8,10-11,19-21,28H,9,12-17H2,1-5H3/t19?,20-,21+/m1/s1. The maximum Gasteiger partial charge on any atom is 0.410 e. The topological polar surface area (TPSA) is 108 Å². The van der Waals surface area contributed by atoms with E-state index in [0.717, 1.165) is 24.4 Å². The summed E-state index contributed by atoms with van der Waals surface area (Å²) >= 11 is 0. The molecule has 1 aliphatic heterocycles. The van der Waals surface area contributed by atoms with E-state index < -0.39 is 20.5 Å². The first-order valence-electron chi connectivity index (χ1n) is 11.3. The lowest BCUT2D eigenvalue weighted by Crippen LogP contribution is -2.56. The maximum atomic E-state index is 13.0. The number of carbonyl (C=O) groups is 1. The van der Waals surface area contributed by atoms with E-state index in [9.17, 15) is 9.90 Å².